The second-order valence-corrected chi connectivity index (χ2v) is 7.78. The molecule has 0 radical (unpaired) electrons. The average molecular weight is 439 g/mol. The number of halogens is 1. The monoisotopic (exact) mass is 438 g/mol. The SMILES string of the molecule is CN=C(NCCN(C)CCCOC)NCC(=O)N1CCN(c2ccc(Cl)cc2)CC1. The molecule has 1 saturated heterocycles. The minimum atomic E-state index is 0.0883. The summed E-state index contributed by atoms with van der Waals surface area (Å²) >= 11 is 5.96. The summed E-state index contributed by atoms with van der Waals surface area (Å²) in [6.45, 7) is 6.71. The molecule has 2 rings (SSSR count). The summed E-state index contributed by atoms with van der Waals surface area (Å²) in [4.78, 5) is 23.2. The number of carbonyl (C=O) groups is 1. The number of ether oxygens (including phenoxy) is 1. The molecule has 30 heavy (non-hydrogen) atoms. The van der Waals surface area contributed by atoms with E-state index in [4.69, 9.17) is 16.3 Å². The average Bonchev–Trinajstić information content (AvgIpc) is 2.76. The maximum Gasteiger partial charge on any atom is 0.242 e. The zero-order chi connectivity index (χ0) is 21.8. The predicted molar refractivity (Wildman–Crippen MR) is 124 cm³/mol. The summed E-state index contributed by atoms with van der Waals surface area (Å²) in [6.07, 6.45) is 1.01. The van der Waals surface area contributed by atoms with Crippen LogP contribution in [0.1, 0.15) is 6.42 Å². The largest absolute Gasteiger partial charge is 0.385 e. The van der Waals surface area contributed by atoms with E-state index >= 15 is 0 Å². The summed E-state index contributed by atoms with van der Waals surface area (Å²) in [5, 5.41) is 7.12. The summed E-state index contributed by atoms with van der Waals surface area (Å²) in [5.41, 5.74) is 1.14. The third-order valence-corrected chi connectivity index (χ3v) is 5.38. The van der Waals surface area contributed by atoms with E-state index in [1.54, 1.807) is 14.2 Å². The molecule has 0 aliphatic carbocycles. The fourth-order valence-corrected chi connectivity index (χ4v) is 3.44. The van der Waals surface area contributed by atoms with Crippen molar-refractivity contribution >= 4 is 29.2 Å². The van der Waals surface area contributed by atoms with Gasteiger partial charge < -0.3 is 30.1 Å². The molecule has 1 aliphatic heterocycles. The van der Waals surface area contributed by atoms with Crippen LogP contribution in [0.5, 0.6) is 0 Å². The van der Waals surface area contributed by atoms with E-state index in [1.807, 2.05) is 29.2 Å². The van der Waals surface area contributed by atoms with E-state index in [0.29, 0.717) is 19.0 Å². The highest BCUT2D eigenvalue weighted by molar-refractivity contribution is 6.30. The fraction of sp³-hybridized carbons (Fsp3) is 0.619. The van der Waals surface area contributed by atoms with Gasteiger partial charge in [-0.1, -0.05) is 11.6 Å². The molecule has 0 saturated carbocycles. The van der Waals surface area contributed by atoms with E-state index < -0.39 is 0 Å². The van der Waals surface area contributed by atoms with Crippen LogP contribution in [0.25, 0.3) is 0 Å². The lowest BCUT2D eigenvalue weighted by molar-refractivity contribution is -0.130. The van der Waals surface area contributed by atoms with Gasteiger partial charge in [-0.15, -0.1) is 0 Å². The van der Waals surface area contributed by atoms with Gasteiger partial charge in [-0.25, -0.2) is 0 Å². The summed E-state index contributed by atoms with van der Waals surface area (Å²) in [7, 11) is 5.52. The first kappa shape index (κ1) is 24.2. The van der Waals surface area contributed by atoms with Gasteiger partial charge in [-0.2, -0.15) is 0 Å². The second-order valence-electron chi connectivity index (χ2n) is 7.35. The van der Waals surface area contributed by atoms with Gasteiger partial charge >= 0.3 is 0 Å². The molecule has 9 heteroatoms. The standard InChI is InChI=1S/C21H35ClN6O2/c1-23-21(24-9-11-26(2)10-4-16-30-3)25-17-20(29)28-14-12-27(13-15-28)19-7-5-18(22)6-8-19/h5-8H,4,9-17H2,1-3H3,(H2,23,24,25). The van der Waals surface area contributed by atoms with Gasteiger partial charge in [0, 0.05) is 77.3 Å². The van der Waals surface area contributed by atoms with Crippen LogP contribution in [0.4, 0.5) is 5.69 Å². The topological polar surface area (TPSA) is 72.4 Å². The number of carbonyl (C=O) groups excluding carboxylic acids is 1. The molecule has 0 atom stereocenters. The molecule has 1 fully saturated rings. The zero-order valence-electron chi connectivity index (χ0n) is 18.4. The highest BCUT2D eigenvalue weighted by Crippen LogP contribution is 2.19. The number of anilines is 1. The lowest BCUT2D eigenvalue weighted by atomic mass is 10.2. The molecule has 1 amide bonds. The van der Waals surface area contributed by atoms with E-state index in [0.717, 1.165) is 56.5 Å². The number of hydrogen-bond acceptors (Lipinski definition) is 5. The third-order valence-electron chi connectivity index (χ3n) is 5.13. The molecule has 1 aromatic rings. The first-order chi connectivity index (χ1) is 14.5. The molecule has 0 bridgehead atoms. The maximum atomic E-state index is 12.6. The van der Waals surface area contributed by atoms with E-state index in [-0.39, 0.29) is 12.5 Å². The first-order valence-corrected chi connectivity index (χ1v) is 10.8. The van der Waals surface area contributed by atoms with Crippen molar-refractivity contribution in [2.24, 2.45) is 4.99 Å². The van der Waals surface area contributed by atoms with Crippen LogP contribution in [-0.2, 0) is 9.53 Å². The van der Waals surface area contributed by atoms with Crippen LogP contribution in [0.2, 0.25) is 5.02 Å². The van der Waals surface area contributed by atoms with Gasteiger partial charge in [0.2, 0.25) is 5.91 Å². The van der Waals surface area contributed by atoms with Gasteiger partial charge in [-0.3, -0.25) is 9.79 Å². The van der Waals surface area contributed by atoms with Crippen molar-refractivity contribution in [2.75, 3.05) is 85.1 Å². The number of nitrogens with one attached hydrogen (secondary N) is 2. The number of aliphatic imine (C=N–C) groups is 1. The number of nitrogens with zero attached hydrogens (tertiary/aromatic N) is 4. The minimum Gasteiger partial charge on any atom is -0.385 e. The Bertz CT molecular complexity index is 662. The Morgan fingerprint density at radius 1 is 1.17 bits per heavy atom. The summed E-state index contributed by atoms with van der Waals surface area (Å²) in [6, 6.07) is 7.83. The first-order valence-electron chi connectivity index (χ1n) is 10.4. The Morgan fingerprint density at radius 3 is 2.50 bits per heavy atom. The highest BCUT2D eigenvalue weighted by atomic mass is 35.5. The molecule has 168 valence electrons. The number of hydrogen-bond donors (Lipinski definition) is 2. The van der Waals surface area contributed by atoms with Gasteiger partial charge in [0.1, 0.15) is 0 Å². The molecule has 0 unspecified atom stereocenters. The fourth-order valence-electron chi connectivity index (χ4n) is 3.31. The van der Waals surface area contributed by atoms with Gasteiger partial charge in [0.15, 0.2) is 5.96 Å². The second kappa shape index (κ2) is 13.3. The van der Waals surface area contributed by atoms with Crippen molar-refractivity contribution in [3.05, 3.63) is 29.3 Å². The molecule has 8 nitrogen and oxygen atoms in total. The normalized spacial score (nSPS) is 14.9. The lowest BCUT2D eigenvalue weighted by Crippen LogP contribution is -2.52. The van der Waals surface area contributed by atoms with Crippen molar-refractivity contribution in [1.29, 1.82) is 0 Å². The number of likely N-dealkylation sites (N-methyl/N-ethyl adjacent to an activating group) is 1. The predicted octanol–water partition coefficient (Wildman–Crippen LogP) is 1.12. The molecule has 1 heterocycles. The van der Waals surface area contributed by atoms with Crippen LogP contribution in [-0.4, -0.2) is 102 Å². The van der Waals surface area contributed by atoms with Crippen molar-refractivity contribution in [3.8, 4) is 0 Å². The molecule has 1 aliphatic rings. The number of piperazine rings is 1. The molecular formula is C21H35ClN6O2. The number of guanidine groups is 1. The smallest absolute Gasteiger partial charge is 0.242 e. The number of methoxy groups -OCH3 is 1. The minimum absolute atomic E-state index is 0.0883. The Hall–Kier alpha value is -2.03. The van der Waals surface area contributed by atoms with Crippen molar-refractivity contribution in [3.63, 3.8) is 0 Å². The summed E-state index contributed by atoms with van der Waals surface area (Å²) in [5.74, 6) is 0.735. The Balaban J connectivity index is 1.65. The molecule has 1 aromatic carbocycles. The molecule has 0 aromatic heterocycles. The number of amides is 1. The van der Waals surface area contributed by atoms with E-state index in [1.165, 1.54) is 0 Å². The Morgan fingerprint density at radius 2 is 1.87 bits per heavy atom. The summed E-state index contributed by atoms with van der Waals surface area (Å²) < 4.78 is 5.07. The Kier molecular flexibility index (Phi) is 10.8. The van der Waals surface area contributed by atoms with Crippen LogP contribution >= 0.6 is 11.6 Å². The lowest BCUT2D eigenvalue weighted by Gasteiger charge is -2.36. The highest BCUT2D eigenvalue weighted by Gasteiger charge is 2.21. The molecule has 0 spiro atoms. The van der Waals surface area contributed by atoms with Crippen LogP contribution in [0, 0.1) is 0 Å². The van der Waals surface area contributed by atoms with Gasteiger partial charge in [-0.05, 0) is 37.7 Å². The van der Waals surface area contributed by atoms with E-state index in [9.17, 15) is 4.79 Å². The Labute approximate surface area is 185 Å². The number of rotatable bonds is 10. The third kappa shape index (κ3) is 8.38. The van der Waals surface area contributed by atoms with Gasteiger partial charge in [0.25, 0.3) is 0 Å². The zero-order valence-corrected chi connectivity index (χ0v) is 19.1. The van der Waals surface area contributed by atoms with Crippen LogP contribution < -0.4 is 15.5 Å². The van der Waals surface area contributed by atoms with Crippen LogP contribution in [0.15, 0.2) is 29.3 Å². The van der Waals surface area contributed by atoms with Crippen molar-refractivity contribution in [2.45, 2.75) is 6.42 Å². The maximum absolute atomic E-state index is 12.6. The van der Waals surface area contributed by atoms with Crippen molar-refractivity contribution < 1.29 is 9.53 Å². The quantitative estimate of drug-likeness (QED) is 0.324. The van der Waals surface area contributed by atoms with E-state index in [2.05, 4.69) is 32.5 Å². The molecular weight excluding hydrogens is 404 g/mol. The van der Waals surface area contributed by atoms with Gasteiger partial charge in [0.05, 0.1) is 6.54 Å². The molecule has 2 N–H and O–H groups in total. The number of benzene rings is 1. The van der Waals surface area contributed by atoms with Crippen LogP contribution in [0.3, 0.4) is 0 Å². The van der Waals surface area contributed by atoms with Crippen molar-refractivity contribution in [1.82, 2.24) is 20.4 Å².